The smallest absolute Gasteiger partial charge is 0.387 e. The number of rotatable bonds is 8. The summed E-state index contributed by atoms with van der Waals surface area (Å²) in [5.41, 5.74) is 0.507. The summed E-state index contributed by atoms with van der Waals surface area (Å²) in [5.74, 6) is 1.51. The van der Waals surface area contributed by atoms with Crippen LogP contribution in [0.2, 0.25) is 5.02 Å². The van der Waals surface area contributed by atoms with E-state index < -0.39 is 6.61 Å². The molecule has 1 aromatic carbocycles. The largest absolute Gasteiger partial charge is 0.434 e. The maximum Gasteiger partial charge on any atom is 0.387 e. The zero-order valence-corrected chi connectivity index (χ0v) is 18.0. The Morgan fingerprint density at radius 3 is 2.81 bits per heavy atom. The summed E-state index contributed by atoms with van der Waals surface area (Å²) in [7, 11) is 1.63. The molecule has 150 valence electrons. The number of aliphatic imine (C=N–C) groups is 1. The van der Waals surface area contributed by atoms with E-state index in [4.69, 9.17) is 11.6 Å². The number of alkyl halides is 2. The molecule has 1 heterocycles. The van der Waals surface area contributed by atoms with Crippen molar-refractivity contribution in [3.63, 3.8) is 0 Å². The maximum absolute atomic E-state index is 12.5. The third kappa shape index (κ3) is 7.45. The van der Waals surface area contributed by atoms with Gasteiger partial charge in [-0.05, 0) is 18.2 Å². The number of hydrogen-bond donors (Lipinski definition) is 2. The van der Waals surface area contributed by atoms with E-state index in [1.54, 1.807) is 19.4 Å². The number of nitrogens with one attached hydrogen (secondary N) is 2. The first-order valence-electron chi connectivity index (χ1n) is 8.08. The highest BCUT2D eigenvalue weighted by atomic mass is 127. The Morgan fingerprint density at radius 1 is 1.37 bits per heavy atom. The molecule has 0 spiro atoms. The first-order valence-corrected chi connectivity index (χ1v) is 8.45. The van der Waals surface area contributed by atoms with Gasteiger partial charge in [0.1, 0.15) is 17.9 Å². The van der Waals surface area contributed by atoms with Gasteiger partial charge in [0.25, 0.3) is 0 Å². The van der Waals surface area contributed by atoms with Gasteiger partial charge < -0.3 is 19.9 Å². The third-order valence-corrected chi connectivity index (χ3v) is 3.80. The number of aromatic nitrogens is 3. The fourth-order valence-corrected chi connectivity index (χ4v) is 2.53. The Labute approximate surface area is 178 Å². The maximum atomic E-state index is 12.5. The molecule has 0 aliphatic heterocycles. The summed E-state index contributed by atoms with van der Waals surface area (Å²) >= 11 is 5.94. The van der Waals surface area contributed by atoms with E-state index in [1.807, 2.05) is 11.5 Å². The molecule has 2 aromatic rings. The lowest BCUT2D eigenvalue weighted by Gasteiger charge is -2.15. The van der Waals surface area contributed by atoms with Gasteiger partial charge in [-0.3, -0.25) is 4.99 Å². The fourth-order valence-electron chi connectivity index (χ4n) is 2.33. The van der Waals surface area contributed by atoms with Crippen molar-refractivity contribution in [2.45, 2.75) is 33.0 Å². The zero-order chi connectivity index (χ0) is 18.9. The molecule has 0 unspecified atom stereocenters. The number of aryl methyl sites for hydroxylation is 1. The number of hydrogen-bond acceptors (Lipinski definition) is 4. The summed E-state index contributed by atoms with van der Waals surface area (Å²) in [5, 5.41) is 14.5. The standard InChI is InChI=1S/C16H21ClF2N6O.HI/c1-3-14-24-23-10-25(14)7-6-21-16(20-2)22-9-11-8-12(17)4-5-13(11)26-15(18)19;/h4-5,8,10,15H,3,6-7,9H2,1-2H3,(H2,20,21,22);1H. The van der Waals surface area contributed by atoms with Crippen molar-refractivity contribution in [2.24, 2.45) is 4.99 Å². The summed E-state index contributed by atoms with van der Waals surface area (Å²) < 4.78 is 31.5. The van der Waals surface area contributed by atoms with E-state index in [1.165, 1.54) is 12.1 Å². The van der Waals surface area contributed by atoms with E-state index in [2.05, 4.69) is 30.6 Å². The van der Waals surface area contributed by atoms with Crippen molar-refractivity contribution in [3.05, 3.63) is 40.9 Å². The van der Waals surface area contributed by atoms with Gasteiger partial charge >= 0.3 is 6.61 Å². The zero-order valence-electron chi connectivity index (χ0n) is 15.0. The molecule has 2 N–H and O–H groups in total. The van der Waals surface area contributed by atoms with Crippen LogP contribution in [-0.2, 0) is 19.5 Å². The SMILES string of the molecule is CCc1nncn1CCNC(=NC)NCc1cc(Cl)ccc1OC(F)F.I. The lowest BCUT2D eigenvalue weighted by Crippen LogP contribution is -2.38. The van der Waals surface area contributed by atoms with E-state index in [-0.39, 0.29) is 36.3 Å². The lowest BCUT2D eigenvalue weighted by atomic mass is 10.2. The minimum Gasteiger partial charge on any atom is -0.434 e. The predicted molar refractivity (Wildman–Crippen MR) is 111 cm³/mol. The predicted octanol–water partition coefficient (Wildman–Crippen LogP) is 3.08. The Kier molecular flexibility index (Phi) is 10.3. The highest BCUT2D eigenvalue weighted by molar-refractivity contribution is 14.0. The molecule has 0 saturated heterocycles. The molecule has 0 fully saturated rings. The summed E-state index contributed by atoms with van der Waals surface area (Å²) in [4.78, 5) is 4.11. The summed E-state index contributed by atoms with van der Waals surface area (Å²) in [6.45, 7) is 0.617. The van der Waals surface area contributed by atoms with Crippen molar-refractivity contribution in [2.75, 3.05) is 13.6 Å². The van der Waals surface area contributed by atoms with Crippen LogP contribution in [0.5, 0.6) is 5.75 Å². The van der Waals surface area contributed by atoms with Crippen LogP contribution >= 0.6 is 35.6 Å². The van der Waals surface area contributed by atoms with Gasteiger partial charge in [-0.25, -0.2) is 0 Å². The van der Waals surface area contributed by atoms with E-state index in [9.17, 15) is 8.78 Å². The first kappa shape index (κ1) is 23.3. The minimum atomic E-state index is -2.90. The highest BCUT2D eigenvalue weighted by Gasteiger charge is 2.11. The van der Waals surface area contributed by atoms with Crippen molar-refractivity contribution in [1.29, 1.82) is 0 Å². The van der Waals surface area contributed by atoms with Crippen molar-refractivity contribution < 1.29 is 13.5 Å². The monoisotopic (exact) mass is 514 g/mol. The molecule has 0 atom stereocenters. The second-order valence-corrected chi connectivity index (χ2v) is 5.71. The highest BCUT2D eigenvalue weighted by Crippen LogP contribution is 2.24. The van der Waals surface area contributed by atoms with Crippen LogP contribution in [-0.4, -0.2) is 40.9 Å². The lowest BCUT2D eigenvalue weighted by molar-refractivity contribution is -0.0504. The van der Waals surface area contributed by atoms with Gasteiger partial charge in [0.05, 0.1) is 0 Å². The molecule has 1 aromatic heterocycles. The molecular formula is C16H22ClF2IN6O. The molecule has 0 amide bonds. The number of benzene rings is 1. The molecule has 0 radical (unpaired) electrons. The second kappa shape index (κ2) is 11.9. The quantitative estimate of drug-likeness (QED) is 0.322. The Morgan fingerprint density at radius 2 is 2.15 bits per heavy atom. The molecule has 2 rings (SSSR count). The summed E-state index contributed by atoms with van der Waals surface area (Å²) in [6, 6.07) is 4.49. The van der Waals surface area contributed by atoms with Crippen LogP contribution in [0, 0.1) is 0 Å². The number of guanidine groups is 1. The average Bonchev–Trinajstić information content (AvgIpc) is 3.07. The molecular weight excluding hydrogens is 493 g/mol. The number of ether oxygens (including phenoxy) is 1. The van der Waals surface area contributed by atoms with Crippen molar-refractivity contribution in [3.8, 4) is 5.75 Å². The van der Waals surface area contributed by atoms with Gasteiger partial charge in [-0.2, -0.15) is 8.78 Å². The van der Waals surface area contributed by atoms with Gasteiger partial charge in [-0.1, -0.05) is 18.5 Å². The average molecular weight is 515 g/mol. The Bertz CT molecular complexity index is 743. The molecule has 0 bridgehead atoms. The van der Waals surface area contributed by atoms with Gasteiger partial charge in [0, 0.05) is 43.7 Å². The minimum absolute atomic E-state index is 0. The van der Waals surface area contributed by atoms with Crippen LogP contribution in [0.25, 0.3) is 0 Å². The molecule has 27 heavy (non-hydrogen) atoms. The second-order valence-electron chi connectivity index (χ2n) is 5.28. The van der Waals surface area contributed by atoms with Crippen molar-refractivity contribution >= 4 is 41.5 Å². The normalized spacial score (nSPS) is 11.3. The van der Waals surface area contributed by atoms with Gasteiger partial charge in [-0.15, -0.1) is 34.2 Å². The van der Waals surface area contributed by atoms with Crippen LogP contribution < -0.4 is 15.4 Å². The fraction of sp³-hybridized carbons (Fsp3) is 0.438. The van der Waals surface area contributed by atoms with Crippen LogP contribution in [0.3, 0.4) is 0 Å². The van der Waals surface area contributed by atoms with E-state index in [0.29, 0.717) is 29.6 Å². The van der Waals surface area contributed by atoms with Crippen LogP contribution in [0.4, 0.5) is 8.78 Å². The molecule has 7 nitrogen and oxygen atoms in total. The number of halogens is 4. The molecule has 0 aliphatic carbocycles. The van der Waals surface area contributed by atoms with Crippen molar-refractivity contribution in [1.82, 2.24) is 25.4 Å². The molecule has 11 heteroatoms. The Balaban J connectivity index is 0.00000364. The van der Waals surface area contributed by atoms with E-state index in [0.717, 1.165) is 12.2 Å². The summed E-state index contributed by atoms with van der Waals surface area (Å²) in [6.07, 6.45) is 2.48. The van der Waals surface area contributed by atoms with Gasteiger partial charge in [0.15, 0.2) is 5.96 Å². The van der Waals surface area contributed by atoms with Crippen LogP contribution in [0.1, 0.15) is 18.3 Å². The van der Waals surface area contributed by atoms with E-state index >= 15 is 0 Å². The van der Waals surface area contributed by atoms with Crippen LogP contribution in [0.15, 0.2) is 29.5 Å². The molecule has 0 aliphatic rings. The van der Waals surface area contributed by atoms with Gasteiger partial charge in [0.2, 0.25) is 0 Å². The third-order valence-electron chi connectivity index (χ3n) is 3.57. The Hall–Kier alpha value is -1.69. The first-order chi connectivity index (χ1) is 12.5. The topological polar surface area (TPSA) is 76.4 Å². The number of nitrogens with zero attached hydrogens (tertiary/aromatic N) is 4. The molecule has 0 saturated carbocycles.